The second-order valence-electron chi connectivity index (χ2n) is 6.66. The number of carbonyl (C=O) groups is 1. The maximum atomic E-state index is 13.0. The van der Waals surface area contributed by atoms with Crippen molar-refractivity contribution >= 4 is 11.6 Å². The number of piperidine rings is 1. The number of nitrogens with zero attached hydrogens (tertiary/aromatic N) is 2. The van der Waals surface area contributed by atoms with Gasteiger partial charge in [-0.3, -0.25) is 4.79 Å². The zero-order valence-corrected chi connectivity index (χ0v) is 13.4. The lowest BCUT2D eigenvalue weighted by atomic mass is 9.97. The molecule has 3 rings (SSSR count). The number of aliphatic hydroxyl groups excluding tert-OH is 1. The predicted molar refractivity (Wildman–Crippen MR) is 88.3 cm³/mol. The van der Waals surface area contributed by atoms with Crippen molar-refractivity contribution in [1.29, 1.82) is 0 Å². The van der Waals surface area contributed by atoms with Gasteiger partial charge < -0.3 is 14.9 Å². The normalized spacial score (nSPS) is 22.2. The highest BCUT2D eigenvalue weighted by molar-refractivity contribution is 6.00. The lowest BCUT2D eigenvalue weighted by molar-refractivity contribution is 0.0621. The first-order valence-corrected chi connectivity index (χ1v) is 8.45. The molecule has 2 heterocycles. The smallest absolute Gasteiger partial charge is 0.255 e. The van der Waals surface area contributed by atoms with Gasteiger partial charge in [0.05, 0.1) is 5.56 Å². The lowest BCUT2D eigenvalue weighted by Crippen LogP contribution is -2.41. The molecule has 0 bridgehead atoms. The average Bonchev–Trinajstić information content (AvgIpc) is 3.08. The number of hydrogen-bond donors (Lipinski definition) is 1. The summed E-state index contributed by atoms with van der Waals surface area (Å²) in [6, 6.07) is 6.22. The Bertz CT molecular complexity index is 538. The van der Waals surface area contributed by atoms with E-state index in [-0.39, 0.29) is 18.4 Å². The quantitative estimate of drug-likeness (QED) is 0.932. The Hall–Kier alpha value is -1.55. The zero-order valence-electron chi connectivity index (χ0n) is 13.4. The van der Waals surface area contributed by atoms with E-state index in [9.17, 15) is 9.90 Å². The van der Waals surface area contributed by atoms with E-state index < -0.39 is 0 Å². The van der Waals surface area contributed by atoms with Crippen molar-refractivity contribution in [3.63, 3.8) is 0 Å². The molecule has 2 aliphatic rings. The van der Waals surface area contributed by atoms with Gasteiger partial charge in [0.15, 0.2) is 0 Å². The first-order chi connectivity index (χ1) is 10.7. The molecule has 1 aromatic carbocycles. The van der Waals surface area contributed by atoms with Crippen LogP contribution in [0.25, 0.3) is 0 Å². The number of anilines is 1. The predicted octanol–water partition coefficient (Wildman–Crippen LogP) is 2.44. The molecule has 1 N–H and O–H groups in total. The summed E-state index contributed by atoms with van der Waals surface area (Å²) in [5.41, 5.74) is 3.04. The summed E-state index contributed by atoms with van der Waals surface area (Å²) >= 11 is 0. The van der Waals surface area contributed by atoms with Gasteiger partial charge in [0.1, 0.15) is 0 Å². The number of amides is 1. The summed E-state index contributed by atoms with van der Waals surface area (Å²) < 4.78 is 0. The van der Waals surface area contributed by atoms with Crippen molar-refractivity contribution in [3.8, 4) is 0 Å². The van der Waals surface area contributed by atoms with Crippen molar-refractivity contribution in [2.75, 3.05) is 37.7 Å². The highest BCUT2D eigenvalue weighted by Gasteiger charge is 2.27. The number of rotatable bonds is 3. The van der Waals surface area contributed by atoms with Crippen molar-refractivity contribution in [3.05, 3.63) is 29.3 Å². The fraction of sp³-hybridized carbons (Fsp3) is 0.611. The van der Waals surface area contributed by atoms with E-state index in [1.165, 1.54) is 12.8 Å². The Morgan fingerprint density at radius 2 is 2.00 bits per heavy atom. The Balaban J connectivity index is 1.85. The van der Waals surface area contributed by atoms with Gasteiger partial charge in [-0.15, -0.1) is 0 Å². The van der Waals surface area contributed by atoms with Crippen molar-refractivity contribution in [1.82, 2.24) is 4.90 Å². The van der Waals surface area contributed by atoms with Crippen LogP contribution in [-0.2, 0) is 0 Å². The zero-order chi connectivity index (χ0) is 15.5. The van der Waals surface area contributed by atoms with Crippen LogP contribution in [-0.4, -0.2) is 48.7 Å². The number of likely N-dealkylation sites (tertiary alicyclic amines) is 1. The van der Waals surface area contributed by atoms with E-state index >= 15 is 0 Å². The average molecular weight is 302 g/mol. The van der Waals surface area contributed by atoms with Crippen LogP contribution in [0.4, 0.5) is 5.69 Å². The molecular formula is C18H26N2O2. The summed E-state index contributed by atoms with van der Waals surface area (Å²) in [5.74, 6) is 0.362. The van der Waals surface area contributed by atoms with E-state index in [2.05, 4.69) is 17.0 Å². The molecule has 120 valence electrons. The van der Waals surface area contributed by atoms with Crippen molar-refractivity contribution in [2.45, 2.75) is 32.6 Å². The molecule has 0 radical (unpaired) electrons. The number of aryl methyl sites for hydroxylation is 1. The van der Waals surface area contributed by atoms with E-state index in [0.29, 0.717) is 6.54 Å². The third-order valence-corrected chi connectivity index (χ3v) is 4.89. The molecule has 0 aliphatic carbocycles. The maximum absolute atomic E-state index is 13.0. The van der Waals surface area contributed by atoms with Crippen LogP contribution >= 0.6 is 0 Å². The van der Waals surface area contributed by atoms with Crippen molar-refractivity contribution < 1.29 is 9.90 Å². The minimum absolute atomic E-state index is 0.128. The second kappa shape index (κ2) is 6.69. The molecule has 2 saturated heterocycles. The van der Waals surface area contributed by atoms with E-state index in [1.54, 1.807) is 0 Å². The van der Waals surface area contributed by atoms with Gasteiger partial charge in [0, 0.05) is 38.5 Å². The summed E-state index contributed by atoms with van der Waals surface area (Å²) in [5, 5.41) is 9.39. The molecule has 1 aromatic rings. The SMILES string of the molecule is Cc1ccc(N2CCCC2)c(C(=O)N2CCCC(CO)C2)c1. The van der Waals surface area contributed by atoms with Crippen LogP contribution in [0.2, 0.25) is 0 Å². The minimum Gasteiger partial charge on any atom is -0.396 e. The topological polar surface area (TPSA) is 43.8 Å². The molecule has 4 heteroatoms. The van der Waals surface area contributed by atoms with E-state index in [0.717, 1.165) is 49.3 Å². The minimum atomic E-state index is 0.128. The standard InChI is InChI=1S/C18H26N2O2/c1-14-6-7-17(19-8-2-3-9-19)16(11-14)18(22)20-10-4-5-15(12-20)13-21/h6-7,11,15,21H,2-5,8-10,12-13H2,1H3. The third kappa shape index (κ3) is 3.12. The maximum Gasteiger partial charge on any atom is 0.255 e. The van der Waals surface area contributed by atoms with Crippen LogP contribution < -0.4 is 4.90 Å². The molecule has 0 aromatic heterocycles. The molecule has 2 fully saturated rings. The highest BCUT2D eigenvalue weighted by atomic mass is 16.3. The van der Waals surface area contributed by atoms with Gasteiger partial charge in [-0.05, 0) is 50.7 Å². The summed E-state index contributed by atoms with van der Waals surface area (Å²) in [6.45, 7) is 5.80. The number of aliphatic hydroxyl groups is 1. The molecule has 4 nitrogen and oxygen atoms in total. The molecule has 22 heavy (non-hydrogen) atoms. The molecule has 1 amide bonds. The van der Waals surface area contributed by atoms with Crippen LogP contribution in [0.1, 0.15) is 41.6 Å². The Kier molecular flexibility index (Phi) is 4.67. The monoisotopic (exact) mass is 302 g/mol. The largest absolute Gasteiger partial charge is 0.396 e. The molecule has 2 aliphatic heterocycles. The van der Waals surface area contributed by atoms with Crippen LogP contribution in [0.3, 0.4) is 0 Å². The van der Waals surface area contributed by atoms with Gasteiger partial charge in [-0.1, -0.05) is 11.6 Å². The van der Waals surface area contributed by atoms with Crippen LogP contribution in [0.5, 0.6) is 0 Å². The Morgan fingerprint density at radius 1 is 1.23 bits per heavy atom. The van der Waals surface area contributed by atoms with Crippen LogP contribution in [0, 0.1) is 12.8 Å². The third-order valence-electron chi connectivity index (χ3n) is 4.89. The summed E-state index contributed by atoms with van der Waals surface area (Å²) in [6.07, 6.45) is 4.42. The molecule has 1 atom stereocenters. The van der Waals surface area contributed by atoms with E-state index in [1.807, 2.05) is 17.9 Å². The Morgan fingerprint density at radius 3 is 2.73 bits per heavy atom. The fourth-order valence-corrected chi connectivity index (χ4v) is 3.62. The first kappa shape index (κ1) is 15.3. The van der Waals surface area contributed by atoms with Gasteiger partial charge >= 0.3 is 0 Å². The molecule has 1 unspecified atom stereocenters. The Labute approximate surface area is 132 Å². The summed E-state index contributed by atoms with van der Waals surface area (Å²) in [4.78, 5) is 17.3. The summed E-state index contributed by atoms with van der Waals surface area (Å²) in [7, 11) is 0. The highest BCUT2D eigenvalue weighted by Crippen LogP contribution is 2.28. The van der Waals surface area contributed by atoms with Crippen LogP contribution in [0.15, 0.2) is 18.2 Å². The second-order valence-corrected chi connectivity index (χ2v) is 6.66. The van der Waals surface area contributed by atoms with Crippen molar-refractivity contribution in [2.24, 2.45) is 5.92 Å². The molecular weight excluding hydrogens is 276 g/mol. The molecule has 0 saturated carbocycles. The number of benzene rings is 1. The number of hydrogen-bond acceptors (Lipinski definition) is 3. The lowest BCUT2D eigenvalue weighted by Gasteiger charge is -2.33. The van der Waals surface area contributed by atoms with Gasteiger partial charge in [-0.25, -0.2) is 0 Å². The molecule has 0 spiro atoms. The first-order valence-electron chi connectivity index (χ1n) is 8.45. The van der Waals surface area contributed by atoms with Gasteiger partial charge in [0.2, 0.25) is 0 Å². The van der Waals surface area contributed by atoms with Gasteiger partial charge in [-0.2, -0.15) is 0 Å². The van der Waals surface area contributed by atoms with E-state index in [4.69, 9.17) is 0 Å². The van der Waals surface area contributed by atoms with Gasteiger partial charge in [0.25, 0.3) is 5.91 Å². The number of carbonyl (C=O) groups excluding carboxylic acids is 1. The fourth-order valence-electron chi connectivity index (χ4n) is 3.62.